The maximum Gasteiger partial charge on any atom is 0.268 e. The number of benzene rings is 1. The summed E-state index contributed by atoms with van der Waals surface area (Å²) < 4.78 is 36.2. The molecule has 4 rings (SSSR count). The first-order valence-electron chi connectivity index (χ1n) is 10.4. The molecule has 0 aliphatic carbocycles. The van der Waals surface area contributed by atoms with Crippen LogP contribution in [0, 0.1) is 6.92 Å². The second kappa shape index (κ2) is 9.66. The van der Waals surface area contributed by atoms with Crippen molar-refractivity contribution in [2.24, 2.45) is 0 Å². The van der Waals surface area contributed by atoms with Gasteiger partial charge in [0.15, 0.2) is 5.15 Å². The molecule has 34 heavy (non-hydrogen) atoms. The molecule has 0 spiro atoms. The van der Waals surface area contributed by atoms with Gasteiger partial charge in [-0.1, -0.05) is 29.3 Å². The van der Waals surface area contributed by atoms with Gasteiger partial charge in [-0.05, 0) is 59.8 Å². The second-order valence-electron chi connectivity index (χ2n) is 8.89. The molecular formula is C23H26BrClN4O3S2. The van der Waals surface area contributed by atoms with Crippen molar-refractivity contribution in [1.82, 2.24) is 18.7 Å². The van der Waals surface area contributed by atoms with Gasteiger partial charge in [-0.15, -0.1) is 0 Å². The smallest absolute Gasteiger partial charge is 0.268 e. The molecule has 0 fully saturated rings. The van der Waals surface area contributed by atoms with Crippen LogP contribution in [0.1, 0.15) is 5.56 Å². The lowest BCUT2D eigenvalue weighted by Crippen LogP contribution is -2.11. The molecule has 0 amide bonds. The van der Waals surface area contributed by atoms with E-state index in [0.29, 0.717) is 33.2 Å². The van der Waals surface area contributed by atoms with Crippen molar-refractivity contribution in [3.05, 3.63) is 64.2 Å². The topological polar surface area (TPSA) is 79.0 Å². The van der Waals surface area contributed by atoms with Crippen LogP contribution in [-0.4, -0.2) is 58.3 Å². The zero-order valence-electron chi connectivity index (χ0n) is 19.3. The van der Waals surface area contributed by atoms with E-state index in [1.807, 2.05) is 6.92 Å². The first-order chi connectivity index (χ1) is 16.0. The minimum atomic E-state index is -3.85. The first kappa shape index (κ1) is 25.2. The Morgan fingerprint density at radius 1 is 1.09 bits per heavy atom. The van der Waals surface area contributed by atoms with Crippen LogP contribution < -0.4 is 0 Å². The molecule has 4 aromatic rings. The van der Waals surface area contributed by atoms with Gasteiger partial charge in [0.1, 0.15) is 11.3 Å². The maximum atomic E-state index is 13.5. The van der Waals surface area contributed by atoms with Crippen molar-refractivity contribution in [3.63, 3.8) is 0 Å². The Bertz CT molecular complexity index is 1440. The molecule has 0 saturated carbocycles. The van der Waals surface area contributed by atoms with Crippen LogP contribution in [0.2, 0.25) is 5.15 Å². The lowest BCUT2D eigenvalue weighted by Gasteiger charge is -2.24. The van der Waals surface area contributed by atoms with Crippen LogP contribution in [0.15, 0.2) is 58.4 Å². The van der Waals surface area contributed by atoms with Crippen molar-refractivity contribution < 1.29 is 13.2 Å². The molecule has 3 aromatic heterocycles. The minimum absolute atomic E-state index is 0.195. The average molecular weight is 586 g/mol. The van der Waals surface area contributed by atoms with Crippen LogP contribution in [0.3, 0.4) is 0 Å². The fourth-order valence-electron chi connectivity index (χ4n) is 3.42. The SMILES string of the molecule is Cc1ccc(S(=O)(=O)n2cc(-c3cn(COCCS(C)(C)C)nc3Cl)c3cc(Br)ncc32)cc1. The predicted octanol–water partition coefficient (Wildman–Crippen LogP) is 5.53. The number of aromatic nitrogens is 4. The Labute approximate surface area is 214 Å². The van der Waals surface area contributed by atoms with Crippen LogP contribution in [0.5, 0.6) is 0 Å². The van der Waals surface area contributed by atoms with Gasteiger partial charge in [0.2, 0.25) is 0 Å². The van der Waals surface area contributed by atoms with E-state index in [0.717, 1.165) is 11.3 Å². The van der Waals surface area contributed by atoms with E-state index in [2.05, 4.69) is 44.8 Å². The lowest BCUT2D eigenvalue weighted by molar-refractivity contribution is 0.0810. The van der Waals surface area contributed by atoms with Gasteiger partial charge in [-0.2, -0.15) is 5.10 Å². The lowest BCUT2D eigenvalue weighted by atomic mass is 10.1. The van der Waals surface area contributed by atoms with Crippen LogP contribution in [0.4, 0.5) is 0 Å². The molecule has 3 heterocycles. The van der Waals surface area contributed by atoms with Gasteiger partial charge in [0.05, 0.1) is 23.2 Å². The molecule has 1 aromatic carbocycles. The quantitative estimate of drug-likeness (QED) is 0.201. The molecule has 182 valence electrons. The fourth-order valence-corrected chi connectivity index (χ4v) is 5.97. The van der Waals surface area contributed by atoms with E-state index in [4.69, 9.17) is 16.3 Å². The highest BCUT2D eigenvalue weighted by Crippen LogP contribution is 2.37. The third-order valence-electron chi connectivity index (χ3n) is 5.27. The molecule has 0 radical (unpaired) electrons. The molecule has 0 bridgehead atoms. The molecular weight excluding hydrogens is 560 g/mol. The Balaban J connectivity index is 1.74. The number of nitrogens with zero attached hydrogens (tertiary/aromatic N) is 4. The highest BCUT2D eigenvalue weighted by molar-refractivity contribution is 9.10. The summed E-state index contributed by atoms with van der Waals surface area (Å²) >= 11 is 9.89. The monoisotopic (exact) mass is 584 g/mol. The highest BCUT2D eigenvalue weighted by Gasteiger charge is 2.24. The molecule has 0 aliphatic rings. The van der Waals surface area contributed by atoms with E-state index in [-0.39, 0.29) is 16.8 Å². The summed E-state index contributed by atoms with van der Waals surface area (Å²) in [5.74, 6) is 1.00. The fraction of sp³-hybridized carbons (Fsp3) is 0.304. The van der Waals surface area contributed by atoms with Crippen LogP contribution >= 0.6 is 37.6 Å². The van der Waals surface area contributed by atoms with E-state index in [1.54, 1.807) is 47.4 Å². The Morgan fingerprint density at radius 2 is 1.79 bits per heavy atom. The number of fused-ring (bicyclic) bond motifs is 1. The van der Waals surface area contributed by atoms with Crippen molar-refractivity contribution >= 4 is 58.5 Å². The summed E-state index contributed by atoms with van der Waals surface area (Å²) in [7, 11) is -4.49. The number of halogens is 2. The Morgan fingerprint density at radius 3 is 2.47 bits per heavy atom. The van der Waals surface area contributed by atoms with Crippen molar-refractivity contribution in [1.29, 1.82) is 0 Å². The zero-order valence-corrected chi connectivity index (χ0v) is 23.3. The maximum absolute atomic E-state index is 13.5. The number of ether oxygens (including phenoxy) is 1. The van der Waals surface area contributed by atoms with Crippen LogP contribution in [-0.2, 0) is 21.5 Å². The van der Waals surface area contributed by atoms with Gasteiger partial charge in [0, 0.05) is 34.7 Å². The summed E-state index contributed by atoms with van der Waals surface area (Å²) in [5, 5.41) is 5.33. The summed E-state index contributed by atoms with van der Waals surface area (Å²) in [6.07, 6.45) is 11.6. The number of hydrogen-bond donors (Lipinski definition) is 0. The van der Waals surface area contributed by atoms with Gasteiger partial charge in [0.25, 0.3) is 10.0 Å². The number of hydrogen-bond acceptors (Lipinski definition) is 5. The summed E-state index contributed by atoms with van der Waals surface area (Å²) in [6.45, 7) is 2.81. The summed E-state index contributed by atoms with van der Waals surface area (Å²) in [6, 6.07) is 8.53. The van der Waals surface area contributed by atoms with E-state index < -0.39 is 20.1 Å². The molecule has 0 saturated heterocycles. The summed E-state index contributed by atoms with van der Waals surface area (Å²) in [5.41, 5.74) is 2.69. The normalized spacial score (nSPS) is 13.0. The van der Waals surface area contributed by atoms with E-state index >= 15 is 0 Å². The van der Waals surface area contributed by atoms with E-state index in [1.165, 1.54) is 10.2 Å². The van der Waals surface area contributed by atoms with E-state index in [9.17, 15) is 8.42 Å². The van der Waals surface area contributed by atoms with Crippen LogP contribution in [0.25, 0.3) is 22.0 Å². The molecule has 11 heteroatoms. The predicted molar refractivity (Wildman–Crippen MR) is 144 cm³/mol. The van der Waals surface area contributed by atoms with Crippen molar-refractivity contribution in [2.45, 2.75) is 18.6 Å². The zero-order chi connectivity index (χ0) is 24.7. The molecule has 0 aliphatic heterocycles. The molecule has 7 nitrogen and oxygen atoms in total. The highest BCUT2D eigenvalue weighted by atomic mass is 79.9. The minimum Gasteiger partial charge on any atom is -0.358 e. The number of pyridine rings is 1. The Hall–Kier alpha value is -1.85. The standard InChI is InChI=1S/C23H26BrClN4O3S2/c1-16-5-7-17(8-6-16)34(30,31)29-14-19(18-11-22(24)26-12-21(18)29)20-13-28(27-23(20)25)15-32-9-10-33(2,3)4/h5-8,11-14H,9-10,15H2,1-4H3. The van der Waals surface area contributed by atoms with Gasteiger partial charge < -0.3 is 4.74 Å². The van der Waals surface area contributed by atoms with Gasteiger partial charge >= 0.3 is 0 Å². The third-order valence-corrected chi connectivity index (χ3v) is 9.06. The molecule has 0 unspecified atom stereocenters. The average Bonchev–Trinajstić information content (AvgIpc) is 3.31. The van der Waals surface area contributed by atoms with Gasteiger partial charge in [-0.25, -0.2) is 32.1 Å². The first-order valence-corrected chi connectivity index (χ1v) is 16.1. The summed E-state index contributed by atoms with van der Waals surface area (Å²) in [4.78, 5) is 4.45. The Kier molecular flexibility index (Phi) is 7.17. The number of aryl methyl sites for hydroxylation is 1. The largest absolute Gasteiger partial charge is 0.358 e. The molecule has 0 atom stereocenters. The second-order valence-corrected chi connectivity index (χ2v) is 16.5. The number of rotatable bonds is 8. The van der Waals surface area contributed by atoms with Crippen molar-refractivity contribution in [3.8, 4) is 11.1 Å². The van der Waals surface area contributed by atoms with Crippen molar-refractivity contribution in [2.75, 3.05) is 31.1 Å². The third kappa shape index (κ3) is 5.36. The molecule has 0 N–H and O–H groups in total. The van der Waals surface area contributed by atoms with Gasteiger partial charge in [-0.3, -0.25) is 0 Å².